The van der Waals surface area contributed by atoms with Gasteiger partial charge in [0, 0.05) is 6.04 Å². The maximum atomic E-state index is 7.43. The zero-order valence-corrected chi connectivity index (χ0v) is 8.71. The van der Waals surface area contributed by atoms with Crippen molar-refractivity contribution in [2.24, 2.45) is 5.73 Å². The molecule has 1 saturated heterocycles. The predicted octanol–water partition coefficient (Wildman–Crippen LogP) is 1.58. The molecule has 0 spiro atoms. The molecule has 0 aromatic rings. The number of nitrogens with one attached hydrogen (secondary N) is 1. The standard InChI is InChI=1S/C10H21N3/c1-8-6-4-3-5-7-13(8)9(2)10(11)12/h8-9H,3-7H2,1-2H3,(H3,11,12). The van der Waals surface area contributed by atoms with E-state index in [-0.39, 0.29) is 6.04 Å². The molecule has 1 rings (SSSR count). The number of rotatable bonds is 2. The maximum absolute atomic E-state index is 7.43. The third-order valence-corrected chi connectivity index (χ3v) is 3.05. The van der Waals surface area contributed by atoms with Crippen molar-refractivity contribution in [1.82, 2.24) is 4.90 Å². The van der Waals surface area contributed by atoms with E-state index in [9.17, 15) is 0 Å². The second-order valence-electron chi connectivity index (χ2n) is 4.07. The summed E-state index contributed by atoms with van der Waals surface area (Å²) in [5.41, 5.74) is 5.52. The third-order valence-electron chi connectivity index (χ3n) is 3.05. The zero-order chi connectivity index (χ0) is 9.84. The van der Waals surface area contributed by atoms with Gasteiger partial charge < -0.3 is 5.73 Å². The topological polar surface area (TPSA) is 53.1 Å². The van der Waals surface area contributed by atoms with Crippen molar-refractivity contribution in [2.45, 2.75) is 51.6 Å². The summed E-state index contributed by atoms with van der Waals surface area (Å²) in [6, 6.07) is 0.703. The van der Waals surface area contributed by atoms with Crippen molar-refractivity contribution >= 4 is 5.84 Å². The monoisotopic (exact) mass is 183 g/mol. The fraction of sp³-hybridized carbons (Fsp3) is 0.900. The molecule has 3 nitrogen and oxygen atoms in total. The number of nitrogens with two attached hydrogens (primary N) is 1. The van der Waals surface area contributed by atoms with Crippen LogP contribution in [0.4, 0.5) is 0 Å². The first-order chi connectivity index (χ1) is 6.13. The first-order valence-corrected chi connectivity index (χ1v) is 5.22. The largest absolute Gasteiger partial charge is 0.386 e. The van der Waals surface area contributed by atoms with Crippen LogP contribution in [-0.2, 0) is 0 Å². The summed E-state index contributed by atoms with van der Waals surface area (Å²) < 4.78 is 0. The van der Waals surface area contributed by atoms with E-state index in [4.69, 9.17) is 11.1 Å². The van der Waals surface area contributed by atoms with Crippen LogP contribution in [0.5, 0.6) is 0 Å². The highest BCUT2D eigenvalue weighted by molar-refractivity contribution is 5.82. The molecule has 0 bridgehead atoms. The van der Waals surface area contributed by atoms with Gasteiger partial charge in [-0.25, -0.2) is 0 Å². The summed E-state index contributed by atoms with van der Waals surface area (Å²) in [6.07, 6.45) is 5.15. The summed E-state index contributed by atoms with van der Waals surface area (Å²) in [7, 11) is 0. The summed E-state index contributed by atoms with van der Waals surface area (Å²) in [4.78, 5) is 2.36. The van der Waals surface area contributed by atoms with Crippen LogP contribution in [-0.4, -0.2) is 29.4 Å². The van der Waals surface area contributed by atoms with Crippen LogP contribution in [0.3, 0.4) is 0 Å². The lowest BCUT2D eigenvalue weighted by Gasteiger charge is -2.32. The van der Waals surface area contributed by atoms with E-state index in [0.29, 0.717) is 11.9 Å². The van der Waals surface area contributed by atoms with E-state index in [0.717, 1.165) is 6.54 Å². The third kappa shape index (κ3) is 2.69. The Balaban J connectivity index is 2.58. The molecule has 2 unspecified atom stereocenters. The molecule has 0 amide bonds. The molecule has 3 heteroatoms. The molecule has 0 radical (unpaired) electrons. The van der Waals surface area contributed by atoms with Crippen molar-refractivity contribution < 1.29 is 0 Å². The number of hydrogen-bond donors (Lipinski definition) is 2. The Morgan fingerprint density at radius 2 is 2.15 bits per heavy atom. The van der Waals surface area contributed by atoms with Crippen LogP contribution >= 0.6 is 0 Å². The van der Waals surface area contributed by atoms with Crippen molar-refractivity contribution in [2.75, 3.05) is 6.54 Å². The summed E-state index contributed by atoms with van der Waals surface area (Å²) in [6.45, 7) is 5.37. The molecule has 0 aromatic carbocycles. The van der Waals surface area contributed by atoms with Gasteiger partial charge in [-0.3, -0.25) is 10.3 Å². The molecular weight excluding hydrogens is 162 g/mol. The quantitative estimate of drug-likeness (QED) is 0.504. The second kappa shape index (κ2) is 4.61. The van der Waals surface area contributed by atoms with Gasteiger partial charge in [-0.1, -0.05) is 12.8 Å². The molecule has 1 aliphatic rings. The van der Waals surface area contributed by atoms with Crippen LogP contribution in [0, 0.1) is 5.41 Å². The molecule has 13 heavy (non-hydrogen) atoms. The molecule has 2 atom stereocenters. The van der Waals surface area contributed by atoms with Crippen LogP contribution in [0.15, 0.2) is 0 Å². The molecule has 0 aromatic heterocycles. The molecular formula is C10H21N3. The van der Waals surface area contributed by atoms with Crippen LogP contribution in [0.25, 0.3) is 0 Å². The van der Waals surface area contributed by atoms with E-state index in [1.54, 1.807) is 0 Å². The smallest absolute Gasteiger partial charge is 0.108 e. The molecule has 1 fully saturated rings. The second-order valence-corrected chi connectivity index (χ2v) is 4.07. The fourth-order valence-electron chi connectivity index (χ4n) is 2.05. The molecule has 0 aliphatic carbocycles. The van der Waals surface area contributed by atoms with Crippen molar-refractivity contribution in [1.29, 1.82) is 5.41 Å². The highest BCUT2D eigenvalue weighted by Gasteiger charge is 2.23. The maximum Gasteiger partial charge on any atom is 0.108 e. The molecule has 76 valence electrons. The number of nitrogens with zero attached hydrogens (tertiary/aromatic N) is 1. The van der Waals surface area contributed by atoms with Crippen molar-refractivity contribution in [3.63, 3.8) is 0 Å². The first kappa shape index (κ1) is 10.5. The van der Waals surface area contributed by atoms with Gasteiger partial charge in [-0.15, -0.1) is 0 Å². The van der Waals surface area contributed by atoms with Crippen LogP contribution < -0.4 is 5.73 Å². The first-order valence-electron chi connectivity index (χ1n) is 5.22. The van der Waals surface area contributed by atoms with E-state index in [1.165, 1.54) is 25.7 Å². The van der Waals surface area contributed by atoms with Gasteiger partial charge in [-0.2, -0.15) is 0 Å². The summed E-state index contributed by atoms with van der Waals surface area (Å²) >= 11 is 0. The minimum absolute atomic E-state index is 0.119. The van der Waals surface area contributed by atoms with Gasteiger partial charge in [0.1, 0.15) is 5.84 Å². The van der Waals surface area contributed by atoms with E-state index in [1.807, 2.05) is 6.92 Å². The fourth-order valence-corrected chi connectivity index (χ4v) is 2.05. The van der Waals surface area contributed by atoms with E-state index in [2.05, 4.69) is 11.8 Å². The Labute approximate surface area is 80.8 Å². The normalized spacial score (nSPS) is 28.0. The van der Waals surface area contributed by atoms with Crippen molar-refractivity contribution in [3.8, 4) is 0 Å². The summed E-state index contributed by atoms with van der Waals surface area (Å²) in [5.74, 6) is 0.300. The van der Waals surface area contributed by atoms with Crippen molar-refractivity contribution in [3.05, 3.63) is 0 Å². The Bertz CT molecular complexity index is 179. The highest BCUT2D eigenvalue weighted by Crippen LogP contribution is 2.18. The van der Waals surface area contributed by atoms with Gasteiger partial charge in [0.25, 0.3) is 0 Å². The van der Waals surface area contributed by atoms with Gasteiger partial charge in [0.2, 0.25) is 0 Å². The van der Waals surface area contributed by atoms with Gasteiger partial charge in [0.05, 0.1) is 6.04 Å². The van der Waals surface area contributed by atoms with Gasteiger partial charge >= 0.3 is 0 Å². The Morgan fingerprint density at radius 1 is 1.46 bits per heavy atom. The lowest BCUT2D eigenvalue weighted by Crippen LogP contribution is -2.46. The molecule has 1 heterocycles. The average Bonchev–Trinajstić information content (AvgIpc) is 2.28. The minimum Gasteiger partial charge on any atom is -0.386 e. The average molecular weight is 183 g/mol. The lowest BCUT2D eigenvalue weighted by molar-refractivity contribution is 0.193. The Hall–Kier alpha value is -0.570. The van der Waals surface area contributed by atoms with Gasteiger partial charge in [0.15, 0.2) is 0 Å². The van der Waals surface area contributed by atoms with Crippen LogP contribution in [0.1, 0.15) is 39.5 Å². The Morgan fingerprint density at radius 3 is 2.77 bits per heavy atom. The number of amidine groups is 1. The van der Waals surface area contributed by atoms with E-state index >= 15 is 0 Å². The predicted molar refractivity (Wildman–Crippen MR) is 56.0 cm³/mol. The summed E-state index contributed by atoms with van der Waals surface area (Å²) in [5, 5.41) is 7.43. The minimum atomic E-state index is 0.119. The Kier molecular flexibility index (Phi) is 3.72. The number of hydrogen-bond acceptors (Lipinski definition) is 2. The lowest BCUT2D eigenvalue weighted by atomic mass is 10.1. The molecule has 1 aliphatic heterocycles. The van der Waals surface area contributed by atoms with Gasteiger partial charge in [-0.05, 0) is 33.2 Å². The molecule has 0 saturated carbocycles. The highest BCUT2D eigenvalue weighted by atomic mass is 15.2. The number of likely N-dealkylation sites (tertiary alicyclic amines) is 1. The van der Waals surface area contributed by atoms with E-state index < -0.39 is 0 Å². The SMILES string of the molecule is CC1CCCCCN1C(C)C(=N)N. The molecule has 3 N–H and O–H groups in total. The zero-order valence-electron chi connectivity index (χ0n) is 8.71. The van der Waals surface area contributed by atoms with Crippen LogP contribution in [0.2, 0.25) is 0 Å².